The first kappa shape index (κ1) is 21.5. The molecule has 1 aromatic carbocycles. The number of ether oxygens (including phenoxy) is 1. The van der Waals surface area contributed by atoms with E-state index in [1.165, 1.54) is 6.07 Å². The van der Waals surface area contributed by atoms with Gasteiger partial charge < -0.3 is 15.0 Å². The maximum Gasteiger partial charge on any atom is 0.410 e. The Bertz CT molecular complexity index is 864. The van der Waals surface area contributed by atoms with Crippen LogP contribution in [0.15, 0.2) is 30.5 Å². The molecule has 2 heterocycles. The average molecular weight is 421 g/mol. The molecular weight excluding hydrogens is 395 g/mol. The molecule has 0 saturated carbocycles. The fourth-order valence-corrected chi connectivity index (χ4v) is 3.36. The number of likely N-dealkylation sites (tertiary alicyclic amines) is 1. The molecule has 1 saturated heterocycles. The van der Waals surface area contributed by atoms with Crippen molar-refractivity contribution in [3.8, 4) is 11.3 Å². The molecule has 1 fully saturated rings. The summed E-state index contributed by atoms with van der Waals surface area (Å²) in [6, 6.07) is 6.84. The summed E-state index contributed by atoms with van der Waals surface area (Å²) >= 11 is 5.85. The number of rotatable bonds is 4. The van der Waals surface area contributed by atoms with Gasteiger partial charge in [0.1, 0.15) is 11.4 Å². The molecule has 3 rings (SSSR count). The summed E-state index contributed by atoms with van der Waals surface area (Å²) in [5.74, 6) is -0.271. The van der Waals surface area contributed by atoms with Gasteiger partial charge in [-0.2, -0.15) is 0 Å². The number of nitrogens with one attached hydrogen (secondary N) is 1. The minimum atomic E-state index is -0.497. The van der Waals surface area contributed by atoms with Crippen LogP contribution in [0.5, 0.6) is 0 Å². The highest BCUT2D eigenvalue weighted by atomic mass is 35.5. The van der Waals surface area contributed by atoms with Gasteiger partial charge in [-0.3, -0.25) is 0 Å². The summed E-state index contributed by atoms with van der Waals surface area (Å²) in [6.07, 6.45) is 2.88. The molecule has 29 heavy (non-hydrogen) atoms. The van der Waals surface area contributed by atoms with Crippen LogP contribution in [-0.4, -0.2) is 45.7 Å². The van der Waals surface area contributed by atoms with Crippen LogP contribution in [0.3, 0.4) is 0 Å². The first-order valence-electron chi connectivity index (χ1n) is 9.70. The van der Waals surface area contributed by atoms with E-state index in [0.717, 1.165) is 18.4 Å². The molecule has 0 unspecified atom stereocenters. The molecule has 1 aliphatic heterocycles. The van der Waals surface area contributed by atoms with Crippen LogP contribution in [0, 0.1) is 5.82 Å². The molecule has 2 aromatic rings. The predicted molar refractivity (Wildman–Crippen MR) is 110 cm³/mol. The molecular formula is C21H26ClFN4O2. The minimum absolute atomic E-state index is 0.156. The maximum absolute atomic E-state index is 14.3. The van der Waals surface area contributed by atoms with Crippen LogP contribution in [0.25, 0.3) is 11.3 Å². The monoisotopic (exact) mass is 420 g/mol. The molecule has 0 aliphatic carbocycles. The fraction of sp³-hybridized carbons (Fsp3) is 0.476. The summed E-state index contributed by atoms with van der Waals surface area (Å²) in [5.41, 5.74) is 1.50. The second-order valence-electron chi connectivity index (χ2n) is 8.14. The third-order valence-electron chi connectivity index (χ3n) is 4.70. The van der Waals surface area contributed by atoms with Crippen LogP contribution < -0.4 is 5.32 Å². The van der Waals surface area contributed by atoms with Crippen LogP contribution in [-0.2, 0) is 11.3 Å². The average Bonchev–Trinajstić information content (AvgIpc) is 2.66. The number of hydrogen-bond acceptors (Lipinski definition) is 5. The van der Waals surface area contributed by atoms with Gasteiger partial charge in [-0.15, -0.1) is 0 Å². The Morgan fingerprint density at radius 1 is 1.31 bits per heavy atom. The normalized spacial score (nSPS) is 15.4. The summed E-state index contributed by atoms with van der Waals surface area (Å²) in [6.45, 7) is 7.21. The first-order valence-corrected chi connectivity index (χ1v) is 10.1. The molecule has 0 bridgehead atoms. The zero-order chi connectivity index (χ0) is 21.0. The van der Waals surface area contributed by atoms with Gasteiger partial charge in [0.2, 0.25) is 5.28 Å². The number of nitrogens with zero attached hydrogens (tertiary/aromatic N) is 3. The lowest BCUT2D eigenvalue weighted by Crippen LogP contribution is -2.46. The molecule has 6 nitrogen and oxygen atoms in total. The van der Waals surface area contributed by atoms with Crippen molar-refractivity contribution in [2.45, 2.75) is 51.8 Å². The zero-order valence-electron chi connectivity index (χ0n) is 16.9. The van der Waals surface area contributed by atoms with E-state index in [0.29, 0.717) is 30.9 Å². The molecule has 1 amide bonds. The van der Waals surface area contributed by atoms with Crippen molar-refractivity contribution in [2.24, 2.45) is 0 Å². The van der Waals surface area contributed by atoms with Gasteiger partial charge in [0.05, 0.1) is 5.69 Å². The maximum atomic E-state index is 14.3. The predicted octanol–water partition coefficient (Wildman–Crippen LogP) is 4.43. The van der Waals surface area contributed by atoms with E-state index in [1.807, 2.05) is 20.8 Å². The molecule has 0 radical (unpaired) electrons. The van der Waals surface area contributed by atoms with Crippen molar-refractivity contribution >= 4 is 17.7 Å². The summed E-state index contributed by atoms with van der Waals surface area (Å²) in [7, 11) is 0. The van der Waals surface area contributed by atoms with Gasteiger partial charge in [-0.25, -0.2) is 19.2 Å². The SMILES string of the molecule is CC(C)(C)OC(=O)N1CCC(NCc2cc(-c3ccnc(Cl)n3)ccc2F)CC1. The van der Waals surface area contributed by atoms with Crippen molar-refractivity contribution in [1.82, 2.24) is 20.2 Å². The quantitative estimate of drug-likeness (QED) is 0.741. The van der Waals surface area contributed by atoms with E-state index >= 15 is 0 Å². The Balaban J connectivity index is 1.56. The highest BCUT2D eigenvalue weighted by Crippen LogP contribution is 2.22. The van der Waals surface area contributed by atoms with E-state index in [-0.39, 0.29) is 23.2 Å². The van der Waals surface area contributed by atoms with Gasteiger partial charge in [0.15, 0.2) is 0 Å². The van der Waals surface area contributed by atoms with E-state index in [9.17, 15) is 9.18 Å². The second kappa shape index (κ2) is 9.05. The molecule has 1 N–H and O–H groups in total. The van der Waals surface area contributed by atoms with Crippen molar-refractivity contribution in [3.05, 3.63) is 47.1 Å². The lowest BCUT2D eigenvalue weighted by Gasteiger charge is -2.33. The molecule has 0 spiro atoms. The molecule has 1 aromatic heterocycles. The smallest absolute Gasteiger partial charge is 0.410 e. The second-order valence-corrected chi connectivity index (χ2v) is 8.48. The Morgan fingerprint density at radius 2 is 2.03 bits per heavy atom. The Hall–Kier alpha value is -2.25. The third kappa shape index (κ3) is 6.11. The van der Waals surface area contributed by atoms with E-state index < -0.39 is 5.60 Å². The van der Waals surface area contributed by atoms with Crippen LogP contribution in [0.4, 0.5) is 9.18 Å². The molecule has 0 atom stereocenters. The van der Waals surface area contributed by atoms with Crippen molar-refractivity contribution in [2.75, 3.05) is 13.1 Å². The number of piperidine rings is 1. The largest absolute Gasteiger partial charge is 0.444 e. The highest BCUT2D eigenvalue weighted by Gasteiger charge is 2.26. The fourth-order valence-electron chi connectivity index (χ4n) is 3.21. The number of benzene rings is 1. The third-order valence-corrected chi connectivity index (χ3v) is 4.88. The highest BCUT2D eigenvalue weighted by molar-refractivity contribution is 6.28. The number of aromatic nitrogens is 2. The molecule has 1 aliphatic rings. The molecule has 156 valence electrons. The lowest BCUT2D eigenvalue weighted by atomic mass is 10.0. The Kier molecular flexibility index (Phi) is 6.70. The number of halogens is 2. The number of amides is 1. The standard InChI is InChI=1S/C21H26ClFN4O2/c1-21(2,3)29-20(28)27-10-7-16(8-11-27)25-13-15-12-14(4-5-17(15)23)18-6-9-24-19(22)26-18/h4-6,9,12,16,25H,7-8,10-11,13H2,1-3H3. The minimum Gasteiger partial charge on any atom is -0.444 e. The summed E-state index contributed by atoms with van der Waals surface area (Å²) in [4.78, 5) is 21.9. The van der Waals surface area contributed by atoms with Crippen molar-refractivity contribution in [3.63, 3.8) is 0 Å². The topological polar surface area (TPSA) is 67.3 Å². The number of carbonyl (C=O) groups is 1. The van der Waals surface area contributed by atoms with Crippen molar-refractivity contribution in [1.29, 1.82) is 0 Å². The lowest BCUT2D eigenvalue weighted by molar-refractivity contribution is 0.0198. The van der Waals surface area contributed by atoms with Crippen LogP contribution in [0.2, 0.25) is 5.28 Å². The molecule has 8 heteroatoms. The van der Waals surface area contributed by atoms with Crippen molar-refractivity contribution < 1.29 is 13.9 Å². The first-order chi connectivity index (χ1) is 13.7. The Labute approximate surface area is 175 Å². The number of hydrogen-bond donors (Lipinski definition) is 1. The Morgan fingerprint density at radius 3 is 2.69 bits per heavy atom. The van der Waals surface area contributed by atoms with Crippen LogP contribution >= 0.6 is 11.6 Å². The summed E-state index contributed by atoms with van der Waals surface area (Å²) in [5, 5.41) is 3.55. The summed E-state index contributed by atoms with van der Waals surface area (Å²) < 4.78 is 19.7. The van der Waals surface area contributed by atoms with Crippen LogP contribution in [0.1, 0.15) is 39.2 Å². The van der Waals surface area contributed by atoms with E-state index in [1.54, 1.807) is 29.3 Å². The van der Waals surface area contributed by atoms with Gasteiger partial charge in [0, 0.05) is 43.0 Å². The number of carbonyl (C=O) groups excluding carboxylic acids is 1. The van der Waals surface area contributed by atoms with Gasteiger partial charge in [-0.1, -0.05) is 0 Å². The van der Waals surface area contributed by atoms with E-state index in [4.69, 9.17) is 16.3 Å². The van der Waals surface area contributed by atoms with Gasteiger partial charge in [0.25, 0.3) is 0 Å². The zero-order valence-corrected chi connectivity index (χ0v) is 17.7. The van der Waals surface area contributed by atoms with E-state index in [2.05, 4.69) is 15.3 Å². The van der Waals surface area contributed by atoms with Gasteiger partial charge in [-0.05, 0) is 69.5 Å². The van der Waals surface area contributed by atoms with Gasteiger partial charge >= 0.3 is 6.09 Å².